The van der Waals surface area contributed by atoms with E-state index in [2.05, 4.69) is 86.6 Å². The van der Waals surface area contributed by atoms with Crippen molar-refractivity contribution in [3.63, 3.8) is 0 Å². The highest BCUT2D eigenvalue weighted by Gasteiger charge is 2.28. The molecule has 0 unspecified atom stereocenters. The second-order valence-corrected chi connectivity index (χ2v) is 10.7. The summed E-state index contributed by atoms with van der Waals surface area (Å²) in [5.41, 5.74) is 21.4. The van der Waals surface area contributed by atoms with Gasteiger partial charge in [0, 0.05) is 16.8 Å². The van der Waals surface area contributed by atoms with Crippen LogP contribution in [0.4, 0.5) is 11.4 Å². The number of nitrogens with two attached hydrogens (primary N) is 2. The van der Waals surface area contributed by atoms with Gasteiger partial charge in [0.05, 0.1) is 0 Å². The molecular weight excluding hydrogens is 448 g/mol. The maximum Gasteiger partial charge on any atom is 0.0314 e. The molecule has 0 heterocycles. The molecule has 0 spiro atoms. The number of hydrogen-bond acceptors (Lipinski definition) is 2. The Morgan fingerprint density at radius 1 is 0.486 bits per heavy atom. The van der Waals surface area contributed by atoms with Crippen molar-refractivity contribution in [1.82, 2.24) is 0 Å². The van der Waals surface area contributed by atoms with Crippen LogP contribution in [0.1, 0.15) is 85.8 Å². The van der Waals surface area contributed by atoms with Crippen LogP contribution in [-0.4, -0.2) is 0 Å². The summed E-state index contributed by atoms with van der Waals surface area (Å²) in [6, 6.07) is 35.0. The monoisotopic (exact) mass is 490 g/mol. The zero-order valence-electron chi connectivity index (χ0n) is 22.5. The molecule has 2 nitrogen and oxygen atoms in total. The van der Waals surface area contributed by atoms with Crippen LogP contribution in [0.25, 0.3) is 0 Å². The second-order valence-electron chi connectivity index (χ2n) is 10.7. The maximum absolute atomic E-state index is 5.86. The fourth-order valence-corrected chi connectivity index (χ4v) is 5.26. The van der Waals surface area contributed by atoms with Gasteiger partial charge in [0.1, 0.15) is 0 Å². The quantitative estimate of drug-likeness (QED) is 0.154. The molecule has 0 fully saturated rings. The lowest BCUT2D eigenvalue weighted by molar-refractivity contribution is 0.474. The molecule has 37 heavy (non-hydrogen) atoms. The van der Waals surface area contributed by atoms with Gasteiger partial charge in [-0.3, -0.25) is 0 Å². The van der Waals surface area contributed by atoms with Crippen molar-refractivity contribution in [2.24, 2.45) is 0 Å². The van der Waals surface area contributed by atoms with E-state index in [0.717, 1.165) is 30.6 Å². The molecule has 0 aliphatic heterocycles. The van der Waals surface area contributed by atoms with Crippen LogP contribution in [0, 0.1) is 0 Å². The molecule has 0 bridgehead atoms. The summed E-state index contributed by atoms with van der Waals surface area (Å²) in [6.07, 6.45) is 9.49. The van der Waals surface area contributed by atoms with Gasteiger partial charge in [0.2, 0.25) is 0 Å². The highest BCUT2D eigenvalue weighted by Crippen LogP contribution is 2.38. The van der Waals surface area contributed by atoms with Gasteiger partial charge in [-0.15, -0.1) is 0 Å². The van der Waals surface area contributed by atoms with Gasteiger partial charge in [-0.25, -0.2) is 0 Å². The summed E-state index contributed by atoms with van der Waals surface area (Å²) in [7, 11) is 0. The molecule has 192 valence electrons. The van der Waals surface area contributed by atoms with Crippen molar-refractivity contribution in [2.75, 3.05) is 11.5 Å². The summed E-state index contributed by atoms with van der Waals surface area (Å²) in [6.45, 7) is 4.71. The third-order valence-electron chi connectivity index (χ3n) is 7.74. The second kappa shape index (κ2) is 12.6. The van der Waals surface area contributed by atoms with Gasteiger partial charge in [0.25, 0.3) is 0 Å². The lowest BCUT2D eigenvalue weighted by atomic mass is 9.72. The molecule has 4 N–H and O–H groups in total. The third-order valence-corrected chi connectivity index (χ3v) is 7.74. The van der Waals surface area contributed by atoms with Gasteiger partial charge in [0.15, 0.2) is 0 Å². The lowest BCUT2D eigenvalue weighted by Crippen LogP contribution is -2.24. The van der Waals surface area contributed by atoms with E-state index < -0.39 is 0 Å². The van der Waals surface area contributed by atoms with E-state index in [0.29, 0.717) is 0 Å². The smallest absolute Gasteiger partial charge is 0.0314 e. The van der Waals surface area contributed by atoms with Crippen molar-refractivity contribution >= 4 is 11.4 Å². The largest absolute Gasteiger partial charge is 0.399 e. The van der Waals surface area contributed by atoms with E-state index in [-0.39, 0.29) is 5.41 Å². The first kappa shape index (κ1) is 26.5. The standard InChI is InChI=1S/C35H42N2/c1-3-4-5-6-7-24-35(2,31-16-8-27(9-17-31)25-29-12-20-33(36)21-13-29)32-18-10-28(11-19-32)26-30-14-22-34(37)23-15-30/h8-23H,3-7,24-26,36-37H2,1-2H3. The minimum atomic E-state index is -0.00826. The fourth-order valence-electron chi connectivity index (χ4n) is 5.26. The zero-order valence-corrected chi connectivity index (χ0v) is 22.5. The Bertz CT molecular complexity index is 1130. The first-order valence-corrected chi connectivity index (χ1v) is 13.8. The average molecular weight is 491 g/mol. The Hall–Kier alpha value is -3.52. The Kier molecular flexibility index (Phi) is 9.06. The normalized spacial score (nSPS) is 11.5. The number of anilines is 2. The molecule has 2 heteroatoms. The van der Waals surface area contributed by atoms with Crippen molar-refractivity contribution < 1.29 is 0 Å². The van der Waals surface area contributed by atoms with Crippen LogP contribution >= 0.6 is 0 Å². The number of unbranched alkanes of at least 4 members (excludes halogenated alkanes) is 4. The minimum Gasteiger partial charge on any atom is -0.399 e. The van der Waals surface area contributed by atoms with Gasteiger partial charge in [-0.2, -0.15) is 0 Å². The molecule has 0 amide bonds. The first-order valence-electron chi connectivity index (χ1n) is 13.8. The fraction of sp³-hybridized carbons (Fsp3) is 0.314. The highest BCUT2D eigenvalue weighted by molar-refractivity contribution is 5.44. The van der Waals surface area contributed by atoms with Crippen molar-refractivity contribution in [3.05, 3.63) is 130 Å². The molecule has 0 atom stereocenters. The molecule has 4 aromatic rings. The van der Waals surface area contributed by atoms with Crippen LogP contribution in [-0.2, 0) is 18.3 Å². The van der Waals surface area contributed by atoms with E-state index in [1.165, 1.54) is 65.5 Å². The topological polar surface area (TPSA) is 52.0 Å². The first-order chi connectivity index (χ1) is 18.0. The molecule has 4 rings (SSSR count). The van der Waals surface area contributed by atoms with Crippen molar-refractivity contribution in [3.8, 4) is 0 Å². The SMILES string of the molecule is CCCCCCCC(C)(c1ccc(Cc2ccc(N)cc2)cc1)c1ccc(Cc2ccc(N)cc2)cc1. The maximum atomic E-state index is 5.86. The summed E-state index contributed by atoms with van der Waals surface area (Å²) in [5.74, 6) is 0. The van der Waals surface area contributed by atoms with Crippen molar-refractivity contribution in [2.45, 2.75) is 70.6 Å². The molecule has 0 aromatic heterocycles. The highest BCUT2D eigenvalue weighted by atomic mass is 14.5. The Balaban J connectivity index is 1.53. The third kappa shape index (κ3) is 7.26. The average Bonchev–Trinajstić information content (AvgIpc) is 2.92. The van der Waals surface area contributed by atoms with Crippen LogP contribution in [0.5, 0.6) is 0 Å². The predicted molar refractivity (Wildman–Crippen MR) is 160 cm³/mol. The van der Waals surface area contributed by atoms with E-state index in [9.17, 15) is 0 Å². The lowest BCUT2D eigenvalue weighted by Gasteiger charge is -2.32. The van der Waals surface area contributed by atoms with Gasteiger partial charge < -0.3 is 11.5 Å². The molecule has 0 saturated heterocycles. The predicted octanol–water partition coefficient (Wildman–Crippen LogP) is 8.70. The van der Waals surface area contributed by atoms with Crippen LogP contribution in [0.3, 0.4) is 0 Å². The van der Waals surface area contributed by atoms with Crippen LogP contribution in [0.15, 0.2) is 97.1 Å². The Morgan fingerprint density at radius 3 is 1.22 bits per heavy atom. The molecule has 0 aliphatic carbocycles. The zero-order chi connectivity index (χ0) is 26.1. The summed E-state index contributed by atoms with van der Waals surface area (Å²) >= 11 is 0. The molecular formula is C35H42N2. The number of hydrogen-bond donors (Lipinski definition) is 2. The summed E-state index contributed by atoms with van der Waals surface area (Å²) in [4.78, 5) is 0. The van der Waals surface area contributed by atoms with E-state index in [4.69, 9.17) is 11.5 Å². The van der Waals surface area contributed by atoms with E-state index in [1.54, 1.807) is 0 Å². The number of rotatable bonds is 12. The van der Waals surface area contributed by atoms with Gasteiger partial charge in [-0.05, 0) is 76.9 Å². The summed E-state index contributed by atoms with van der Waals surface area (Å²) in [5, 5.41) is 0. The summed E-state index contributed by atoms with van der Waals surface area (Å²) < 4.78 is 0. The van der Waals surface area contributed by atoms with Gasteiger partial charge in [-0.1, -0.05) is 119 Å². The minimum absolute atomic E-state index is 0.00826. The number of benzene rings is 4. The molecule has 4 aromatic carbocycles. The van der Waals surface area contributed by atoms with E-state index >= 15 is 0 Å². The number of nitrogen functional groups attached to an aromatic ring is 2. The molecule has 0 saturated carbocycles. The molecule has 0 aliphatic rings. The van der Waals surface area contributed by atoms with Gasteiger partial charge >= 0.3 is 0 Å². The Labute approximate surface area is 223 Å². The van der Waals surface area contributed by atoms with Crippen molar-refractivity contribution in [1.29, 1.82) is 0 Å². The van der Waals surface area contributed by atoms with E-state index in [1.807, 2.05) is 24.3 Å². The van der Waals surface area contributed by atoms with Crippen LogP contribution < -0.4 is 11.5 Å². The Morgan fingerprint density at radius 2 is 0.838 bits per heavy atom. The van der Waals surface area contributed by atoms with Crippen LogP contribution in [0.2, 0.25) is 0 Å². The molecule has 0 radical (unpaired) electrons.